The first-order valence-corrected chi connectivity index (χ1v) is 10.9. The minimum Gasteiger partial charge on any atom is -0.726 e. The minimum absolute atomic E-state index is 0. The van der Waals surface area contributed by atoms with Crippen LogP contribution in [-0.4, -0.2) is 19.6 Å². The summed E-state index contributed by atoms with van der Waals surface area (Å²) in [6.45, 7) is 4.47. The summed E-state index contributed by atoms with van der Waals surface area (Å²) in [5.41, 5.74) is 0. The number of hydrogen-bond donors (Lipinski definition) is 0. The van der Waals surface area contributed by atoms with Crippen molar-refractivity contribution in [2.45, 2.75) is 104 Å². The van der Waals surface area contributed by atoms with Crippen LogP contribution in [0.15, 0.2) is 0 Å². The normalized spacial score (nSPS) is 12.8. The van der Waals surface area contributed by atoms with Crippen molar-refractivity contribution in [2.75, 3.05) is 6.61 Å². The molecule has 0 aromatic rings. The van der Waals surface area contributed by atoms with E-state index in [2.05, 4.69) is 18.0 Å². The summed E-state index contributed by atoms with van der Waals surface area (Å²) in [7, 11) is -4.55. The Bertz CT molecular complexity index is 347. The van der Waals surface area contributed by atoms with E-state index < -0.39 is 10.4 Å². The molecule has 0 radical (unpaired) electrons. The summed E-state index contributed by atoms with van der Waals surface area (Å²) >= 11 is 0. The van der Waals surface area contributed by atoms with Crippen LogP contribution in [0.25, 0.3) is 0 Å². The Balaban J connectivity index is 0. The van der Waals surface area contributed by atoms with E-state index in [9.17, 15) is 13.0 Å². The zero-order valence-electron chi connectivity index (χ0n) is 16.2. The number of rotatable bonds is 17. The van der Waals surface area contributed by atoms with E-state index in [4.69, 9.17) is 0 Å². The molecule has 1 atom stereocenters. The second-order valence-electron chi connectivity index (χ2n) is 6.67. The van der Waals surface area contributed by atoms with Gasteiger partial charge in [0.15, 0.2) is 0 Å². The van der Waals surface area contributed by atoms with E-state index in [0.717, 1.165) is 25.7 Å². The van der Waals surface area contributed by atoms with Gasteiger partial charge in [0.2, 0.25) is 10.4 Å². The van der Waals surface area contributed by atoms with E-state index in [0.29, 0.717) is 0 Å². The van der Waals surface area contributed by atoms with Crippen molar-refractivity contribution in [2.24, 2.45) is 5.92 Å². The van der Waals surface area contributed by atoms with Crippen molar-refractivity contribution in [3.63, 3.8) is 0 Å². The summed E-state index contributed by atoms with van der Waals surface area (Å²) in [5, 5.41) is 0. The van der Waals surface area contributed by atoms with Gasteiger partial charge in [0.05, 0.1) is 6.61 Å². The number of unbranched alkanes of at least 4 members (excludes halogenated alkanes) is 10. The van der Waals surface area contributed by atoms with Crippen LogP contribution in [0.1, 0.15) is 104 Å². The fourth-order valence-electron chi connectivity index (χ4n) is 2.92. The third-order valence-corrected chi connectivity index (χ3v) is 4.80. The van der Waals surface area contributed by atoms with Crippen LogP contribution in [0.2, 0.25) is 0 Å². The summed E-state index contributed by atoms with van der Waals surface area (Å²) in [4.78, 5) is 0. The molecule has 0 rings (SSSR count). The van der Waals surface area contributed by atoms with Crippen LogP contribution in [0.5, 0.6) is 0 Å². The van der Waals surface area contributed by atoms with Gasteiger partial charge in [-0.3, -0.25) is 4.18 Å². The van der Waals surface area contributed by atoms with E-state index in [1.54, 1.807) is 0 Å². The predicted octanol–water partition coefficient (Wildman–Crippen LogP) is 2.58. The van der Waals surface area contributed by atoms with Crippen LogP contribution < -0.4 is 29.6 Å². The van der Waals surface area contributed by atoms with Crippen LogP contribution in [0, 0.1) is 5.92 Å². The fraction of sp³-hybridized carbons (Fsp3) is 1.00. The molecule has 4 nitrogen and oxygen atoms in total. The summed E-state index contributed by atoms with van der Waals surface area (Å²) in [5.74, 6) is 0.205. The molecule has 0 aliphatic carbocycles. The molecular weight excluding hydrogens is 335 g/mol. The molecule has 6 heteroatoms. The van der Waals surface area contributed by atoms with Crippen molar-refractivity contribution in [1.29, 1.82) is 0 Å². The average Bonchev–Trinajstić information content (AvgIpc) is 2.49. The zero-order chi connectivity index (χ0) is 17.4. The molecule has 0 heterocycles. The van der Waals surface area contributed by atoms with Gasteiger partial charge >= 0.3 is 29.6 Å². The molecule has 0 amide bonds. The SMILES string of the molecule is CCCCCCCCCC(CCCCCCC)COS(=O)(=O)[O-].[Na+]. The van der Waals surface area contributed by atoms with Gasteiger partial charge in [0, 0.05) is 0 Å². The van der Waals surface area contributed by atoms with E-state index >= 15 is 0 Å². The Morgan fingerprint density at radius 3 is 1.50 bits per heavy atom. The van der Waals surface area contributed by atoms with Crippen molar-refractivity contribution in [1.82, 2.24) is 0 Å². The molecule has 1 unspecified atom stereocenters. The quantitative estimate of drug-likeness (QED) is 0.170. The first kappa shape index (κ1) is 27.1. The molecule has 0 bridgehead atoms. The van der Waals surface area contributed by atoms with Gasteiger partial charge in [0.1, 0.15) is 0 Å². The largest absolute Gasteiger partial charge is 1.00 e. The Hall–Kier alpha value is 0.870. The Kier molecular flexibility index (Phi) is 21.1. The predicted molar refractivity (Wildman–Crippen MR) is 95.1 cm³/mol. The number of hydrogen-bond acceptors (Lipinski definition) is 4. The molecule has 0 saturated carbocycles. The first-order chi connectivity index (χ1) is 11.0. The van der Waals surface area contributed by atoms with Crippen LogP contribution in [-0.2, 0) is 14.6 Å². The van der Waals surface area contributed by atoms with Crippen LogP contribution in [0.3, 0.4) is 0 Å². The van der Waals surface area contributed by atoms with Crippen LogP contribution in [0.4, 0.5) is 0 Å². The summed E-state index contributed by atoms with van der Waals surface area (Å²) in [6.07, 6.45) is 16.7. The molecule has 0 aliphatic rings. The van der Waals surface area contributed by atoms with Gasteiger partial charge in [-0.25, -0.2) is 8.42 Å². The maximum atomic E-state index is 10.6. The molecule has 0 spiro atoms. The Labute approximate surface area is 172 Å². The Morgan fingerprint density at radius 2 is 1.12 bits per heavy atom. The molecule has 0 aliphatic heterocycles. The second-order valence-corrected chi connectivity index (χ2v) is 7.72. The van der Waals surface area contributed by atoms with Crippen molar-refractivity contribution < 1.29 is 46.7 Å². The van der Waals surface area contributed by atoms with Crippen molar-refractivity contribution in [3.05, 3.63) is 0 Å². The third-order valence-electron chi connectivity index (χ3n) is 4.38. The maximum absolute atomic E-state index is 10.6. The van der Waals surface area contributed by atoms with E-state index in [1.807, 2.05) is 0 Å². The molecule has 0 saturated heterocycles. The van der Waals surface area contributed by atoms with Gasteiger partial charge in [-0.05, 0) is 18.8 Å². The van der Waals surface area contributed by atoms with Gasteiger partial charge in [0.25, 0.3) is 0 Å². The standard InChI is InChI=1S/C18H38O4S.Na/c1-3-5-7-9-10-12-14-16-18(17-22-23(19,20)21)15-13-11-8-6-4-2;/h18H,3-17H2,1-2H3,(H,19,20,21);/q;+1/p-1. The second kappa shape index (κ2) is 18.7. The van der Waals surface area contributed by atoms with E-state index in [1.165, 1.54) is 64.2 Å². The first-order valence-electron chi connectivity index (χ1n) is 9.59. The van der Waals surface area contributed by atoms with Crippen molar-refractivity contribution in [3.8, 4) is 0 Å². The summed E-state index contributed by atoms with van der Waals surface area (Å²) in [6, 6.07) is 0. The molecular formula is C18H37NaO4S. The van der Waals surface area contributed by atoms with Gasteiger partial charge < -0.3 is 4.55 Å². The third kappa shape index (κ3) is 20.9. The molecule has 0 aromatic carbocycles. The zero-order valence-corrected chi connectivity index (χ0v) is 19.0. The minimum atomic E-state index is -4.55. The maximum Gasteiger partial charge on any atom is 1.00 e. The summed E-state index contributed by atoms with van der Waals surface area (Å²) < 4.78 is 36.4. The van der Waals surface area contributed by atoms with E-state index in [-0.39, 0.29) is 42.1 Å². The van der Waals surface area contributed by atoms with Crippen molar-refractivity contribution >= 4 is 10.4 Å². The fourth-order valence-corrected chi connectivity index (χ4v) is 3.28. The topological polar surface area (TPSA) is 66.4 Å². The molecule has 0 aromatic heterocycles. The molecule has 140 valence electrons. The van der Waals surface area contributed by atoms with Gasteiger partial charge in [-0.2, -0.15) is 0 Å². The molecule has 0 N–H and O–H groups in total. The van der Waals surface area contributed by atoms with Gasteiger partial charge in [-0.1, -0.05) is 90.9 Å². The van der Waals surface area contributed by atoms with Gasteiger partial charge in [-0.15, -0.1) is 0 Å². The molecule has 24 heavy (non-hydrogen) atoms. The molecule has 0 fully saturated rings. The average molecular weight is 373 g/mol. The smallest absolute Gasteiger partial charge is 0.726 e. The Morgan fingerprint density at radius 1 is 0.750 bits per heavy atom. The van der Waals surface area contributed by atoms with Crippen LogP contribution >= 0.6 is 0 Å². The monoisotopic (exact) mass is 372 g/mol.